The number of nitrogens with zero attached hydrogens (tertiary/aromatic N) is 3. The van der Waals surface area contributed by atoms with Crippen LogP contribution in [0.3, 0.4) is 0 Å². The van der Waals surface area contributed by atoms with Crippen molar-refractivity contribution in [3.63, 3.8) is 0 Å². The number of rotatable bonds is 5. The zero-order valence-corrected chi connectivity index (χ0v) is 12.6. The van der Waals surface area contributed by atoms with Gasteiger partial charge in [0.1, 0.15) is 5.82 Å². The van der Waals surface area contributed by atoms with Crippen LogP contribution in [0.2, 0.25) is 0 Å². The molecule has 2 rings (SSSR count). The highest BCUT2D eigenvalue weighted by atomic mass is 15.0. The van der Waals surface area contributed by atoms with Crippen LogP contribution >= 0.6 is 0 Å². The summed E-state index contributed by atoms with van der Waals surface area (Å²) in [5, 5.41) is 3.34. The van der Waals surface area contributed by atoms with Crippen molar-refractivity contribution in [1.29, 1.82) is 0 Å². The van der Waals surface area contributed by atoms with Crippen LogP contribution < -0.4 is 5.32 Å². The fourth-order valence-electron chi connectivity index (χ4n) is 1.83. The van der Waals surface area contributed by atoms with E-state index < -0.39 is 0 Å². The standard InChI is InChI=1S/C16H22N4/c1-5-8-17-15-9-14(11(2)3)19-16(20-15)13-7-6-12(4)18-10-13/h6-7,9-11H,5,8H2,1-4H3,(H,17,19,20). The minimum Gasteiger partial charge on any atom is -0.370 e. The molecule has 0 saturated carbocycles. The first-order chi connectivity index (χ1) is 9.60. The van der Waals surface area contributed by atoms with Crippen molar-refractivity contribution in [2.45, 2.75) is 40.0 Å². The van der Waals surface area contributed by atoms with E-state index in [-0.39, 0.29) is 0 Å². The van der Waals surface area contributed by atoms with Gasteiger partial charge in [-0.3, -0.25) is 4.98 Å². The number of pyridine rings is 1. The van der Waals surface area contributed by atoms with Gasteiger partial charge in [0.15, 0.2) is 5.82 Å². The molecule has 0 aromatic carbocycles. The van der Waals surface area contributed by atoms with E-state index in [0.29, 0.717) is 5.92 Å². The molecular weight excluding hydrogens is 248 g/mol. The molecular formula is C16H22N4. The Balaban J connectivity index is 2.40. The van der Waals surface area contributed by atoms with Crippen LogP contribution in [0.15, 0.2) is 24.4 Å². The summed E-state index contributed by atoms with van der Waals surface area (Å²) in [7, 11) is 0. The zero-order valence-electron chi connectivity index (χ0n) is 12.6. The Kier molecular flexibility index (Phi) is 4.66. The van der Waals surface area contributed by atoms with Crippen LogP contribution in [0.25, 0.3) is 11.4 Å². The zero-order chi connectivity index (χ0) is 14.5. The van der Waals surface area contributed by atoms with Crippen molar-refractivity contribution >= 4 is 5.82 Å². The predicted molar refractivity (Wildman–Crippen MR) is 82.9 cm³/mol. The maximum atomic E-state index is 4.65. The minimum absolute atomic E-state index is 0.373. The lowest BCUT2D eigenvalue weighted by molar-refractivity contribution is 0.815. The van der Waals surface area contributed by atoms with E-state index in [9.17, 15) is 0 Å². The Labute approximate surface area is 120 Å². The van der Waals surface area contributed by atoms with Crippen molar-refractivity contribution in [2.75, 3.05) is 11.9 Å². The molecule has 0 aliphatic rings. The number of hydrogen-bond acceptors (Lipinski definition) is 4. The summed E-state index contributed by atoms with van der Waals surface area (Å²) in [6.07, 6.45) is 2.90. The van der Waals surface area contributed by atoms with Crippen molar-refractivity contribution in [3.8, 4) is 11.4 Å². The second-order valence-corrected chi connectivity index (χ2v) is 5.27. The van der Waals surface area contributed by atoms with Crippen LogP contribution in [0.1, 0.15) is 44.5 Å². The predicted octanol–water partition coefficient (Wildman–Crippen LogP) is 3.79. The summed E-state index contributed by atoms with van der Waals surface area (Å²) in [6, 6.07) is 6.04. The molecule has 0 spiro atoms. The van der Waals surface area contributed by atoms with Crippen LogP contribution in [-0.2, 0) is 0 Å². The Morgan fingerprint density at radius 1 is 1.20 bits per heavy atom. The molecule has 4 nitrogen and oxygen atoms in total. The third kappa shape index (κ3) is 3.53. The molecule has 2 aromatic rings. The van der Waals surface area contributed by atoms with E-state index in [1.165, 1.54) is 0 Å². The summed E-state index contributed by atoms with van der Waals surface area (Å²) in [6.45, 7) is 9.32. The Morgan fingerprint density at radius 2 is 2.00 bits per heavy atom. The Hall–Kier alpha value is -1.97. The van der Waals surface area contributed by atoms with Gasteiger partial charge in [-0.25, -0.2) is 9.97 Å². The van der Waals surface area contributed by atoms with Gasteiger partial charge in [0.2, 0.25) is 0 Å². The minimum atomic E-state index is 0.373. The van der Waals surface area contributed by atoms with Gasteiger partial charge in [0.25, 0.3) is 0 Å². The first kappa shape index (κ1) is 14.4. The van der Waals surface area contributed by atoms with Crippen LogP contribution in [0, 0.1) is 6.92 Å². The average molecular weight is 270 g/mol. The topological polar surface area (TPSA) is 50.7 Å². The molecule has 0 atom stereocenters. The highest BCUT2D eigenvalue weighted by molar-refractivity contribution is 5.56. The number of aryl methyl sites for hydroxylation is 1. The fourth-order valence-corrected chi connectivity index (χ4v) is 1.83. The lowest BCUT2D eigenvalue weighted by Crippen LogP contribution is -2.06. The summed E-state index contributed by atoms with van der Waals surface area (Å²) >= 11 is 0. The smallest absolute Gasteiger partial charge is 0.163 e. The molecule has 0 aliphatic heterocycles. The van der Waals surface area contributed by atoms with Crippen LogP contribution in [0.5, 0.6) is 0 Å². The molecule has 2 aromatic heterocycles. The molecule has 0 saturated heterocycles. The maximum absolute atomic E-state index is 4.65. The molecule has 106 valence electrons. The summed E-state index contributed by atoms with van der Waals surface area (Å²) in [5.41, 5.74) is 3.00. The lowest BCUT2D eigenvalue weighted by Gasteiger charge is -2.11. The molecule has 1 N–H and O–H groups in total. The average Bonchev–Trinajstić information content (AvgIpc) is 2.45. The third-order valence-corrected chi connectivity index (χ3v) is 3.06. The summed E-state index contributed by atoms with van der Waals surface area (Å²) in [5.74, 6) is 2.00. The molecule has 0 unspecified atom stereocenters. The molecule has 0 amide bonds. The number of aromatic nitrogens is 3. The summed E-state index contributed by atoms with van der Waals surface area (Å²) < 4.78 is 0. The number of hydrogen-bond donors (Lipinski definition) is 1. The number of anilines is 1. The molecule has 0 aliphatic carbocycles. The molecule has 2 heterocycles. The van der Waals surface area contributed by atoms with Crippen molar-refractivity contribution < 1.29 is 0 Å². The molecule has 20 heavy (non-hydrogen) atoms. The Morgan fingerprint density at radius 3 is 2.60 bits per heavy atom. The maximum Gasteiger partial charge on any atom is 0.163 e. The van der Waals surface area contributed by atoms with Crippen molar-refractivity contribution in [1.82, 2.24) is 15.0 Å². The van der Waals surface area contributed by atoms with E-state index in [1.54, 1.807) is 0 Å². The number of nitrogens with one attached hydrogen (secondary N) is 1. The van der Waals surface area contributed by atoms with Crippen LogP contribution in [-0.4, -0.2) is 21.5 Å². The second-order valence-electron chi connectivity index (χ2n) is 5.27. The van der Waals surface area contributed by atoms with Crippen molar-refractivity contribution in [2.24, 2.45) is 0 Å². The van der Waals surface area contributed by atoms with Gasteiger partial charge in [-0.05, 0) is 31.4 Å². The summed E-state index contributed by atoms with van der Waals surface area (Å²) in [4.78, 5) is 13.6. The van der Waals surface area contributed by atoms with Gasteiger partial charge in [0, 0.05) is 35.8 Å². The molecule has 0 bridgehead atoms. The van der Waals surface area contributed by atoms with Gasteiger partial charge in [-0.15, -0.1) is 0 Å². The highest BCUT2D eigenvalue weighted by Gasteiger charge is 2.09. The van der Waals surface area contributed by atoms with Crippen molar-refractivity contribution in [3.05, 3.63) is 35.8 Å². The lowest BCUT2D eigenvalue weighted by atomic mass is 10.1. The largest absolute Gasteiger partial charge is 0.370 e. The quantitative estimate of drug-likeness (QED) is 0.898. The van der Waals surface area contributed by atoms with E-state index >= 15 is 0 Å². The molecule has 0 fully saturated rings. The van der Waals surface area contributed by atoms with Crippen LogP contribution in [0.4, 0.5) is 5.82 Å². The van der Waals surface area contributed by atoms with E-state index in [1.807, 2.05) is 31.3 Å². The van der Waals surface area contributed by atoms with Gasteiger partial charge in [-0.2, -0.15) is 0 Å². The first-order valence-corrected chi connectivity index (χ1v) is 7.16. The first-order valence-electron chi connectivity index (χ1n) is 7.16. The normalized spacial score (nSPS) is 10.8. The van der Waals surface area contributed by atoms with E-state index in [0.717, 1.165) is 41.6 Å². The molecule has 4 heteroatoms. The monoisotopic (exact) mass is 270 g/mol. The Bertz CT molecular complexity index is 561. The SMILES string of the molecule is CCCNc1cc(C(C)C)nc(-c2ccc(C)nc2)n1. The molecule has 0 radical (unpaired) electrons. The van der Waals surface area contributed by atoms with Gasteiger partial charge < -0.3 is 5.32 Å². The highest BCUT2D eigenvalue weighted by Crippen LogP contribution is 2.21. The van der Waals surface area contributed by atoms with Gasteiger partial charge >= 0.3 is 0 Å². The van der Waals surface area contributed by atoms with Gasteiger partial charge in [0.05, 0.1) is 0 Å². The third-order valence-electron chi connectivity index (χ3n) is 3.06. The van der Waals surface area contributed by atoms with Gasteiger partial charge in [-0.1, -0.05) is 20.8 Å². The van der Waals surface area contributed by atoms with E-state index in [4.69, 9.17) is 0 Å². The van der Waals surface area contributed by atoms with E-state index in [2.05, 4.69) is 41.0 Å². The second kappa shape index (κ2) is 6.46. The fraction of sp³-hybridized carbons (Fsp3) is 0.438.